The Balaban J connectivity index is 2.42. The maximum Gasteiger partial charge on any atom is 0.263 e. The highest BCUT2D eigenvalue weighted by Crippen LogP contribution is 2.25. The average Bonchev–Trinajstić information content (AvgIpc) is 2.37. The van der Waals surface area contributed by atoms with Crippen LogP contribution in [0.4, 0.5) is 10.1 Å². The van der Waals surface area contributed by atoms with Crippen LogP contribution in [0.2, 0.25) is 5.02 Å². The SMILES string of the molecule is Cc1cc(F)cc(NS(=O)(=O)c2cc(CO)ccc2Cl)c1. The van der Waals surface area contributed by atoms with Crippen molar-refractivity contribution in [2.24, 2.45) is 0 Å². The fraction of sp³-hybridized carbons (Fsp3) is 0.143. The number of anilines is 1. The van der Waals surface area contributed by atoms with Crippen molar-refractivity contribution in [3.63, 3.8) is 0 Å². The number of aryl methyl sites for hydroxylation is 1. The summed E-state index contributed by atoms with van der Waals surface area (Å²) in [7, 11) is -3.97. The molecule has 7 heteroatoms. The van der Waals surface area contributed by atoms with Gasteiger partial charge >= 0.3 is 0 Å². The number of rotatable bonds is 4. The second-order valence-corrected chi connectivity index (χ2v) is 6.60. The number of hydrogen-bond donors (Lipinski definition) is 2. The van der Waals surface area contributed by atoms with E-state index in [4.69, 9.17) is 16.7 Å². The monoisotopic (exact) mass is 329 g/mol. The molecule has 2 aromatic rings. The van der Waals surface area contributed by atoms with Gasteiger partial charge in [0.25, 0.3) is 10.0 Å². The molecule has 2 N–H and O–H groups in total. The Morgan fingerprint density at radius 1 is 1.24 bits per heavy atom. The molecular weight excluding hydrogens is 317 g/mol. The van der Waals surface area contributed by atoms with Crippen molar-refractivity contribution in [1.29, 1.82) is 0 Å². The van der Waals surface area contributed by atoms with E-state index in [1.807, 2.05) is 0 Å². The number of benzene rings is 2. The number of nitrogens with one attached hydrogen (secondary N) is 1. The Morgan fingerprint density at radius 3 is 2.57 bits per heavy atom. The van der Waals surface area contributed by atoms with E-state index in [0.29, 0.717) is 11.1 Å². The summed E-state index contributed by atoms with van der Waals surface area (Å²) in [5, 5.41) is 9.09. The van der Waals surface area contributed by atoms with Gasteiger partial charge in [-0.2, -0.15) is 0 Å². The molecule has 0 heterocycles. The maximum absolute atomic E-state index is 13.3. The summed E-state index contributed by atoms with van der Waals surface area (Å²) >= 11 is 5.89. The third-order valence-electron chi connectivity index (χ3n) is 2.76. The van der Waals surface area contributed by atoms with Crippen molar-refractivity contribution in [3.8, 4) is 0 Å². The predicted octanol–water partition coefficient (Wildman–Crippen LogP) is 3.08. The molecule has 0 saturated carbocycles. The van der Waals surface area contributed by atoms with E-state index in [0.717, 1.165) is 6.07 Å². The van der Waals surface area contributed by atoms with Crippen molar-refractivity contribution in [2.75, 3.05) is 4.72 Å². The lowest BCUT2D eigenvalue weighted by Gasteiger charge is -2.11. The molecule has 0 aromatic heterocycles. The van der Waals surface area contributed by atoms with Crippen molar-refractivity contribution in [1.82, 2.24) is 0 Å². The Labute approximate surface area is 127 Å². The van der Waals surface area contributed by atoms with Gasteiger partial charge in [0.1, 0.15) is 10.7 Å². The molecule has 0 fully saturated rings. The van der Waals surface area contributed by atoms with E-state index < -0.39 is 15.8 Å². The molecule has 0 bridgehead atoms. The number of halogens is 2. The topological polar surface area (TPSA) is 66.4 Å². The van der Waals surface area contributed by atoms with Crippen LogP contribution in [-0.2, 0) is 16.6 Å². The fourth-order valence-corrected chi connectivity index (χ4v) is 3.45. The molecule has 0 aliphatic carbocycles. The zero-order valence-corrected chi connectivity index (χ0v) is 12.7. The number of sulfonamides is 1. The van der Waals surface area contributed by atoms with Gasteiger partial charge in [-0.15, -0.1) is 0 Å². The molecule has 0 unspecified atom stereocenters. The van der Waals surface area contributed by atoms with E-state index in [-0.39, 0.29) is 22.2 Å². The molecule has 0 radical (unpaired) electrons. The lowest BCUT2D eigenvalue weighted by Crippen LogP contribution is -2.14. The van der Waals surface area contributed by atoms with Crippen LogP contribution in [-0.4, -0.2) is 13.5 Å². The molecule has 0 aliphatic rings. The smallest absolute Gasteiger partial charge is 0.263 e. The Morgan fingerprint density at radius 2 is 1.95 bits per heavy atom. The van der Waals surface area contributed by atoms with Crippen molar-refractivity contribution in [3.05, 3.63) is 58.4 Å². The predicted molar refractivity (Wildman–Crippen MR) is 79.3 cm³/mol. The molecular formula is C14H13ClFNO3S. The van der Waals surface area contributed by atoms with Gasteiger partial charge in [0.15, 0.2) is 0 Å². The average molecular weight is 330 g/mol. The molecule has 21 heavy (non-hydrogen) atoms. The van der Waals surface area contributed by atoms with Gasteiger partial charge in [0.2, 0.25) is 0 Å². The fourth-order valence-electron chi connectivity index (χ4n) is 1.86. The molecule has 0 atom stereocenters. The van der Waals surface area contributed by atoms with Crippen LogP contribution in [0.15, 0.2) is 41.3 Å². The summed E-state index contributed by atoms with van der Waals surface area (Å²) in [6, 6.07) is 8.05. The molecule has 0 saturated heterocycles. The van der Waals surface area contributed by atoms with E-state index in [1.54, 1.807) is 6.92 Å². The first-order valence-electron chi connectivity index (χ1n) is 6.01. The second-order valence-electron chi connectivity index (χ2n) is 4.55. The van der Waals surface area contributed by atoms with Crippen LogP contribution < -0.4 is 4.72 Å². The summed E-state index contributed by atoms with van der Waals surface area (Å²) in [6.45, 7) is 1.35. The van der Waals surface area contributed by atoms with Crippen molar-refractivity contribution < 1.29 is 17.9 Å². The second kappa shape index (κ2) is 6.01. The zero-order chi connectivity index (χ0) is 15.6. The van der Waals surface area contributed by atoms with Gasteiger partial charge < -0.3 is 5.11 Å². The van der Waals surface area contributed by atoms with Gasteiger partial charge in [0.05, 0.1) is 17.3 Å². The normalized spacial score (nSPS) is 11.4. The van der Waals surface area contributed by atoms with Gasteiger partial charge in [0, 0.05) is 0 Å². The number of hydrogen-bond acceptors (Lipinski definition) is 3. The molecule has 2 rings (SSSR count). The van der Waals surface area contributed by atoms with Gasteiger partial charge in [-0.05, 0) is 48.4 Å². The summed E-state index contributed by atoms with van der Waals surface area (Å²) in [5.74, 6) is -0.539. The summed E-state index contributed by atoms with van der Waals surface area (Å²) in [4.78, 5) is -0.169. The maximum atomic E-state index is 13.3. The van der Waals surface area contributed by atoms with E-state index >= 15 is 0 Å². The minimum absolute atomic E-state index is 0.0211. The highest BCUT2D eigenvalue weighted by Gasteiger charge is 2.19. The van der Waals surface area contributed by atoms with E-state index in [2.05, 4.69) is 4.72 Å². The Hall–Kier alpha value is -1.63. The molecule has 2 aromatic carbocycles. The Bertz CT molecular complexity index is 758. The third-order valence-corrected chi connectivity index (χ3v) is 4.62. The molecule has 4 nitrogen and oxygen atoms in total. The van der Waals surface area contributed by atoms with Crippen LogP contribution in [0, 0.1) is 12.7 Å². The van der Waals surface area contributed by atoms with Gasteiger partial charge in [-0.3, -0.25) is 4.72 Å². The minimum Gasteiger partial charge on any atom is -0.392 e. The van der Waals surface area contributed by atoms with Crippen LogP contribution in [0.25, 0.3) is 0 Å². The standard InChI is InChI=1S/C14H13ClFNO3S/c1-9-4-11(16)7-12(5-9)17-21(19,20)14-6-10(8-18)2-3-13(14)15/h2-7,17-18H,8H2,1H3. The number of aliphatic hydroxyl groups is 1. The lowest BCUT2D eigenvalue weighted by atomic mass is 10.2. The van der Waals surface area contributed by atoms with Crippen molar-refractivity contribution >= 4 is 27.3 Å². The lowest BCUT2D eigenvalue weighted by molar-refractivity contribution is 0.281. The highest BCUT2D eigenvalue weighted by atomic mass is 35.5. The molecule has 0 aliphatic heterocycles. The number of aliphatic hydroxyl groups excluding tert-OH is 1. The van der Waals surface area contributed by atoms with Crippen LogP contribution in [0.5, 0.6) is 0 Å². The highest BCUT2D eigenvalue weighted by molar-refractivity contribution is 7.92. The quantitative estimate of drug-likeness (QED) is 0.906. The summed E-state index contributed by atoms with van der Waals surface area (Å²) in [5.41, 5.74) is 1.11. The Kier molecular flexibility index (Phi) is 4.51. The molecule has 0 spiro atoms. The summed E-state index contributed by atoms with van der Waals surface area (Å²) in [6.07, 6.45) is 0. The van der Waals surface area contributed by atoms with E-state index in [1.165, 1.54) is 30.3 Å². The molecule has 112 valence electrons. The van der Waals surface area contributed by atoms with Crippen LogP contribution in [0.3, 0.4) is 0 Å². The third kappa shape index (κ3) is 3.72. The van der Waals surface area contributed by atoms with E-state index in [9.17, 15) is 12.8 Å². The summed E-state index contributed by atoms with van der Waals surface area (Å²) < 4.78 is 40.2. The first-order chi connectivity index (χ1) is 9.81. The van der Waals surface area contributed by atoms with Crippen LogP contribution in [0.1, 0.15) is 11.1 Å². The van der Waals surface area contributed by atoms with Gasteiger partial charge in [-0.25, -0.2) is 12.8 Å². The first kappa shape index (κ1) is 15.8. The van der Waals surface area contributed by atoms with Gasteiger partial charge in [-0.1, -0.05) is 17.7 Å². The first-order valence-corrected chi connectivity index (χ1v) is 7.87. The zero-order valence-electron chi connectivity index (χ0n) is 11.1. The molecule has 0 amide bonds. The minimum atomic E-state index is -3.97. The largest absolute Gasteiger partial charge is 0.392 e. The van der Waals surface area contributed by atoms with Crippen LogP contribution >= 0.6 is 11.6 Å². The van der Waals surface area contributed by atoms with Crippen molar-refractivity contribution in [2.45, 2.75) is 18.4 Å².